The van der Waals surface area contributed by atoms with Gasteiger partial charge in [0.25, 0.3) is 0 Å². The molecule has 0 saturated carbocycles. The van der Waals surface area contributed by atoms with E-state index in [4.69, 9.17) is 23.2 Å². The Hall–Kier alpha value is -0.770. The molecule has 5 heteroatoms. The van der Waals surface area contributed by atoms with Crippen molar-refractivity contribution in [3.63, 3.8) is 0 Å². The third-order valence-corrected chi connectivity index (χ3v) is 3.08. The summed E-state index contributed by atoms with van der Waals surface area (Å²) < 4.78 is 0. The fourth-order valence-corrected chi connectivity index (χ4v) is 1.81. The molecule has 0 atom stereocenters. The molecule has 0 saturated heterocycles. The van der Waals surface area contributed by atoms with Gasteiger partial charge in [-0.25, -0.2) is 4.98 Å². The van der Waals surface area contributed by atoms with E-state index in [1.807, 2.05) is 0 Å². The molecule has 17 heavy (non-hydrogen) atoms. The van der Waals surface area contributed by atoms with Crippen LogP contribution in [0.5, 0.6) is 0 Å². The van der Waals surface area contributed by atoms with Crippen LogP contribution in [-0.2, 0) is 6.54 Å². The highest BCUT2D eigenvalue weighted by Crippen LogP contribution is 2.26. The van der Waals surface area contributed by atoms with Gasteiger partial charge in [-0.2, -0.15) is 0 Å². The number of aromatic amines is 1. The van der Waals surface area contributed by atoms with Crippen LogP contribution in [0.25, 0.3) is 11.0 Å². The van der Waals surface area contributed by atoms with Gasteiger partial charge in [0.05, 0.1) is 27.6 Å². The Morgan fingerprint density at radius 1 is 1.24 bits per heavy atom. The zero-order chi connectivity index (χ0) is 12.6. The van der Waals surface area contributed by atoms with Crippen LogP contribution in [0.4, 0.5) is 0 Å². The zero-order valence-electron chi connectivity index (χ0n) is 10.1. The molecule has 1 aromatic carbocycles. The molecule has 3 nitrogen and oxygen atoms in total. The van der Waals surface area contributed by atoms with Crippen LogP contribution in [0.3, 0.4) is 0 Å². The smallest absolute Gasteiger partial charge is 0.121 e. The standard InChI is InChI=1S/C12H15Cl2N3/c1-12(2,3)15-6-11-16-9-4-7(13)8(14)5-10(9)17-11/h4-5,15H,6H2,1-3H3,(H,16,17). The predicted octanol–water partition coefficient (Wildman–Crippen LogP) is 3.76. The molecule has 0 radical (unpaired) electrons. The molecule has 92 valence electrons. The first-order chi connectivity index (χ1) is 7.85. The van der Waals surface area contributed by atoms with Gasteiger partial charge in [-0.1, -0.05) is 23.2 Å². The normalized spacial score (nSPS) is 12.3. The summed E-state index contributed by atoms with van der Waals surface area (Å²) in [4.78, 5) is 7.68. The zero-order valence-corrected chi connectivity index (χ0v) is 11.6. The summed E-state index contributed by atoms with van der Waals surface area (Å²) in [5.41, 5.74) is 1.81. The number of fused-ring (bicyclic) bond motifs is 1. The van der Waals surface area contributed by atoms with E-state index in [9.17, 15) is 0 Å². The molecule has 1 heterocycles. The van der Waals surface area contributed by atoms with Crippen molar-refractivity contribution in [2.24, 2.45) is 0 Å². The number of nitrogens with one attached hydrogen (secondary N) is 2. The summed E-state index contributed by atoms with van der Waals surface area (Å²) in [5, 5.41) is 4.44. The van der Waals surface area contributed by atoms with Crippen molar-refractivity contribution in [3.05, 3.63) is 28.0 Å². The summed E-state index contributed by atoms with van der Waals surface area (Å²) in [6, 6.07) is 3.57. The molecular formula is C12H15Cl2N3. The van der Waals surface area contributed by atoms with Gasteiger partial charge in [-0.15, -0.1) is 0 Å². The molecule has 0 amide bonds. The summed E-state index contributed by atoms with van der Waals surface area (Å²) >= 11 is 11.9. The minimum Gasteiger partial charge on any atom is -0.341 e. The Labute approximate surface area is 111 Å². The van der Waals surface area contributed by atoms with Crippen molar-refractivity contribution in [3.8, 4) is 0 Å². The molecule has 0 aliphatic heterocycles. The van der Waals surface area contributed by atoms with Crippen LogP contribution < -0.4 is 5.32 Å². The van der Waals surface area contributed by atoms with E-state index in [0.717, 1.165) is 16.9 Å². The third kappa shape index (κ3) is 3.12. The molecular weight excluding hydrogens is 257 g/mol. The number of imidazole rings is 1. The first-order valence-corrected chi connectivity index (χ1v) is 6.19. The monoisotopic (exact) mass is 271 g/mol. The quantitative estimate of drug-likeness (QED) is 0.873. The van der Waals surface area contributed by atoms with Crippen LogP contribution in [0, 0.1) is 0 Å². The molecule has 0 bridgehead atoms. The van der Waals surface area contributed by atoms with E-state index in [1.165, 1.54) is 0 Å². The van der Waals surface area contributed by atoms with Crippen molar-refractivity contribution in [2.45, 2.75) is 32.9 Å². The molecule has 0 aliphatic carbocycles. The van der Waals surface area contributed by atoms with Crippen LogP contribution in [0.1, 0.15) is 26.6 Å². The average Bonchev–Trinajstić information content (AvgIpc) is 2.57. The van der Waals surface area contributed by atoms with Crippen molar-refractivity contribution in [1.82, 2.24) is 15.3 Å². The minimum absolute atomic E-state index is 0.0638. The summed E-state index contributed by atoms with van der Waals surface area (Å²) in [6.45, 7) is 7.03. The third-order valence-electron chi connectivity index (χ3n) is 2.36. The maximum absolute atomic E-state index is 5.95. The van der Waals surface area contributed by atoms with Crippen LogP contribution >= 0.6 is 23.2 Å². The number of hydrogen-bond donors (Lipinski definition) is 2. The van der Waals surface area contributed by atoms with Crippen molar-refractivity contribution >= 4 is 34.2 Å². The van der Waals surface area contributed by atoms with Gasteiger partial charge in [0, 0.05) is 5.54 Å². The lowest BCUT2D eigenvalue weighted by Crippen LogP contribution is -2.35. The van der Waals surface area contributed by atoms with E-state index in [2.05, 4.69) is 36.1 Å². The Kier molecular flexibility index (Phi) is 3.34. The topological polar surface area (TPSA) is 40.7 Å². The van der Waals surface area contributed by atoms with E-state index in [0.29, 0.717) is 16.6 Å². The second-order valence-electron chi connectivity index (χ2n) is 5.07. The molecule has 2 aromatic rings. The first-order valence-electron chi connectivity index (χ1n) is 5.44. The fraction of sp³-hybridized carbons (Fsp3) is 0.417. The maximum atomic E-state index is 5.95. The number of rotatable bonds is 2. The second kappa shape index (κ2) is 4.48. The molecule has 0 fully saturated rings. The Morgan fingerprint density at radius 2 is 1.88 bits per heavy atom. The average molecular weight is 272 g/mol. The van der Waals surface area contributed by atoms with Crippen LogP contribution in [-0.4, -0.2) is 15.5 Å². The van der Waals surface area contributed by atoms with Gasteiger partial charge in [0.2, 0.25) is 0 Å². The SMILES string of the molecule is CC(C)(C)NCc1nc2cc(Cl)c(Cl)cc2[nH]1. The lowest BCUT2D eigenvalue weighted by Gasteiger charge is -2.19. The minimum atomic E-state index is 0.0638. The van der Waals surface area contributed by atoms with Gasteiger partial charge < -0.3 is 10.3 Å². The van der Waals surface area contributed by atoms with Gasteiger partial charge in [0.15, 0.2) is 0 Å². The highest BCUT2D eigenvalue weighted by Gasteiger charge is 2.11. The molecule has 0 spiro atoms. The second-order valence-corrected chi connectivity index (χ2v) is 5.88. The summed E-state index contributed by atoms with van der Waals surface area (Å²) in [7, 11) is 0. The predicted molar refractivity (Wildman–Crippen MR) is 72.7 cm³/mol. The van der Waals surface area contributed by atoms with E-state index in [-0.39, 0.29) is 5.54 Å². The number of benzene rings is 1. The number of halogens is 2. The van der Waals surface area contributed by atoms with Crippen molar-refractivity contribution in [1.29, 1.82) is 0 Å². The Balaban J connectivity index is 2.26. The number of hydrogen-bond acceptors (Lipinski definition) is 2. The van der Waals surface area contributed by atoms with Crippen LogP contribution in [0.15, 0.2) is 12.1 Å². The van der Waals surface area contributed by atoms with Crippen LogP contribution in [0.2, 0.25) is 10.0 Å². The first kappa shape index (κ1) is 12.7. The summed E-state index contributed by atoms with van der Waals surface area (Å²) in [6.07, 6.45) is 0. The fourth-order valence-electron chi connectivity index (χ4n) is 1.49. The lowest BCUT2D eigenvalue weighted by molar-refractivity contribution is 0.419. The van der Waals surface area contributed by atoms with Crippen molar-refractivity contribution < 1.29 is 0 Å². The largest absolute Gasteiger partial charge is 0.341 e. The molecule has 2 N–H and O–H groups in total. The Bertz CT molecular complexity index is 501. The lowest BCUT2D eigenvalue weighted by atomic mass is 10.1. The van der Waals surface area contributed by atoms with Gasteiger partial charge in [-0.3, -0.25) is 0 Å². The van der Waals surface area contributed by atoms with Gasteiger partial charge >= 0.3 is 0 Å². The number of nitrogens with zero attached hydrogens (tertiary/aromatic N) is 1. The van der Waals surface area contributed by atoms with E-state index < -0.39 is 0 Å². The molecule has 2 rings (SSSR count). The maximum Gasteiger partial charge on any atom is 0.121 e. The summed E-state index contributed by atoms with van der Waals surface area (Å²) in [5.74, 6) is 0.883. The number of H-pyrrole nitrogens is 1. The molecule has 0 aliphatic rings. The number of aromatic nitrogens is 2. The van der Waals surface area contributed by atoms with E-state index in [1.54, 1.807) is 12.1 Å². The molecule has 1 aromatic heterocycles. The highest BCUT2D eigenvalue weighted by atomic mass is 35.5. The van der Waals surface area contributed by atoms with Crippen molar-refractivity contribution in [2.75, 3.05) is 0 Å². The molecule has 0 unspecified atom stereocenters. The highest BCUT2D eigenvalue weighted by molar-refractivity contribution is 6.42. The van der Waals surface area contributed by atoms with Gasteiger partial charge in [0.1, 0.15) is 5.82 Å². The van der Waals surface area contributed by atoms with Gasteiger partial charge in [-0.05, 0) is 32.9 Å². The Morgan fingerprint density at radius 3 is 2.53 bits per heavy atom. The van der Waals surface area contributed by atoms with E-state index >= 15 is 0 Å².